The number of urea groups is 1. The zero-order valence-electron chi connectivity index (χ0n) is 56.8. The van der Waals surface area contributed by atoms with Crippen LogP contribution < -0.4 is 63.6 Å². The summed E-state index contributed by atoms with van der Waals surface area (Å²) in [4.78, 5) is 81.3. The first kappa shape index (κ1) is 86.6. The largest absolute Gasteiger partial charge is 1.00 e. The maximum atomic E-state index is 13.3. The smallest absolute Gasteiger partial charge is 0.493 e. The Bertz CT molecular complexity index is 5030. The van der Waals surface area contributed by atoms with E-state index in [2.05, 4.69) is 60.0 Å². The van der Waals surface area contributed by atoms with Gasteiger partial charge >= 0.3 is 65.8 Å². The van der Waals surface area contributed by atoms with Crippen LogP contribution in [0.5, 0.6) is 29.5 Å². The summed E-state index contributed by atoms with van der Waals surface area (Å²) in [6.45, 7) is 8.43. The number of fused-ring (bicyclic) bond motifs is 1. The van der Waals surface area contributed by atoms with Crippen LogP contribution in [0, 0.1) is 17.4 Å². The van der Waals surface area contributed by atoms with E-state index in [1.165, 1.54) is 71.5 Å². The van der Waals surface area contributed by atoms with E-state index in [0.717, 1.165) is 35.7 Å². The molecule has 1 unspecified atom stereocenters. The number of hydrazone groups is 1. The van der Waals surface area contributed by atoms with Crippen molar-refractivity contribution in [2.24, 2.45) is 12.1 Å². The van der Waals surface area contributed by atoms with E-state index in [4.69, 9.17) is 51.6 Å². The zero-order chi connectivity index (χ0) is 77.9. The van der Waals surface area contributed by atoms with Crippen LogP contribution in [0.3, 0.4) is 0 Å². The molecule has 0 saturated heterocycles. The fourth-order valence-electron chi connectivity index (χ4n) is 8.87. The predicted molar refractivity (Wildman–Crippen MR) is 362 cm³/mol. The molecule has 34 nitrogen and oxygen atoms in total. The molecule has 0 radical (unpaired) electrons. The Kier molecular flexibility index (Phi) is 29.2. The Labute approximate surface area is 638 Å². The van der Waals surface area contributed by atoms with E-state index in [1.54, 1.807) is 39.0 Å². The van der Waals surface area contributed by atoms with E-state index >= 15 is 0 Å². The third kappa shape index (κ3) is 21.1. The van der Waals surface area contributed by atoms with Gasteiger partial charge in [0.15, 0.2) is 32.3 Å². The average Bonchev–Trinajstić information content (AvgIpc) is 1.74. The number of ether oxygens (including phenoxy) is 7. The predicted octanol–water partition coefficient (Wildman–Crippen LogP) is 5.77. The second-order valence-electron chi connectivity index (χ2n) is 20.7. The Hall–Kier alpha value is -9.06. The quantitative estimate of drug-likeness (QED) is 0.0216. The number of nitrogens with one attached hydrogen (secondary N) is 2. The maximum absolute atomic E-state index is 13.3. The van der Waals surface area contributed by atoms with Crippen molar-refractivity contribution < 1.29 is 143 Å². The number of carbonyl (C=O) groups excluding carboxylic acids is 5. The number of amides is 2. The average molecular weight is 1700 g/mol. The number of aryl methyl sites for hydroxylation is 3. The molecule has 105 heavy (non-hydrogen) atoms. The Balaban J connectivity index is 0.000000251. The number of ketones is 1. The van der Waals surface area contributed by atoms with Crippen LogP contribution in [-0.4, -0.2) is 176 Å². The van der Waals surface area contributed by atoms with E-state index in [0.29, 0.717) is 43.8 Å². The number of sulfone groups is 1. The van der Waals surface area contributed by atoms with Gasteiger partial charge in [0.25, 0.3) is 21.7 Å². The Morgan fingerprint density at radius 1 is 0.752 bits per heavy atom. The standard InChI is InChI=1S/C16H18Cl2N2O4.C14H13F3N6O5S.C14H13F3N2O4S.C14H14IN5O6S.Na/c1-4-23-14(21)12-9-16(3,15(22)24-5-2)20(19-12)13-7-6-10(17)8-11(13)18;1-26-8-6-9(27-2)23-13(19-8)20-12(21-23)22-29(24,25)10-7(14(15,16)17)4-5-18-11(10)28-3;1-7-11(13(21)19(2)18-7)12(20)9-5-4-8(14(15,16)17)6-10(9)24(3,22)23;1-7-16-12(19-14(17-7)26-3)18-13(22)20-27(23,24)10-6-8(15)4-5-9(10)11(21)25-2;/h6-8H,4-5,9H2,1-3H3;4-6H,1-3H3,(H,21,22);4-6,21H,1-3H3;4-6H,1-3H3,(H2,16,17,18,19,20,22);/q;;;;+1/p-1. The van der Waals surface area contributed by atoms with Crippen LogP contribution in [0.4, 0.5) is 48.7 Å². The van der Waals surface area contributed by atoms with Crippen LogP contribution in [-0.2, 0) is 73.1 Å². The molecule has 2 amide bonds. The summed E-state index contributed by atoms with van der Waals surface area (Å²) < 4.78 is 194. The second kappa shape index (κ2) is 35.4. The molecule has 3 N–H and O–H groups in total. The number of rotatable bonds is 19. The molecule has 3 aromatic carbocycles. The summed E-state index contributed by atoms with van der Waals surface area (Å²) in [6.07, 6.45) is -8.19. The van der Waals surface area contributed by atoms with E-state index in [1.807, 2.05) is 27.3 Å². The number of esters is 3. The van der Waals surface area contributed by atoms with Gasteiger partial charge in [-0.15, -0.1) is 5.10 Å². The van der Waals surface area contributed by atoms with Crippen LogP contribution in [0.2, 0.25) is 10.0 Å². The summed E-state index contributed by atoms with van der Waals surface area (Å²) in [5, 5.41) is 26.1. The minimum Gasteiger partial charge on any atom is -0.493 e. The molecule has 1 atom stereocenters. The number of carbonyl (C=O) groups is 5. The number of aromatic hydroxyl groups is 1. The number of halogens is 9. The zero-order valence-corrected chi connectivity index (χ0v) is 64.9. The number of nitrogens with zero attached hydrogens (tertiary/aromatic N) is 13. The summed E-state index contributed by atoms with van der Waals surface area (Å²) in [6, 6.07) is 11.2. The van der Waals surface area contributed by atoms with Gasteiger partial charge in [0.1, 0.15) is 17.1 Å². The normalized spacial score (nSPS) is 13.5. The van der Waals surface area contributed by atoms with Crippen LogP contribution in [0.25, 0.3) is 10.5 Å². The van der Waals surface area contributed by atoms with Gasteiger partial charge in [-0.1, -0.05) is 23.2 Å². The molecule has 5 aromatic heterocycles. The van der Waals surface area contributed by atoms with Crippen molar-refractivity contribution in [3.8, 4) is 29.5 Å². The molecule has 0 fully saturated rings. The van der Waals surface area contributed by atoms with Crippen molar-refractivity contribution in [1.29, 1.82) is 0 Å². The molecule has 1 aliphatic heterocycles. The second-order valence-corrected chi connectivity index (χ2v) is 27.9. The number of benzene rings is 3. The fraction of sp³-hybridized carbons (Fsp3) is 0.310. The van der Waals surface area contributed by atoms with Crippen molar-refractivity contribution in [1.82, 2.24) is 49.3 Å². The molecule has 0 bridgehead atoms. The Morgan fingerprint density at radius 3 is 1.96 bits per heavy atom. The van der Waals surface area contributed by atoms with E-state index < -0.39 is 127 Å². The number of aromatic nitrogens is 10. The molecule has 6 heterocycles. The van der Waals surface area contributed by atoms with Crippen molar-refractivity contribution in [3.05, 3.63) is 131 Å². The topological polar surface area (TPSA) is 439 Å². The summed E-state index contributed by atoms with van der Waals surface area (Å²) in [5.41, 5.74) is -4.10. The van der Waals surface area contributed by atoms with E-state index in [9.17, 15) is 80.7 Å². The van der Waals surface area contributed by atoms with E-state index in [-0.39, 0.29) is 107 Å². The van der Waals surface area contributed by atoms with Gasteiger partial charge < -0.3 is 48.3 Å². The number of sulfonamides is 2. The molecular weight excluding hydrogens is 1640 g/mol. The van der Waals surface area contributed by atoms with Gasteiger partial charge in [-0.25, -0.2) is 64.0 Å². The minimum atomic E-state index is -4.98. The molecule has 0 aliphatic carbocycles. The van der Waals surface area contributed by atoms with Crippen LogP contribution in [0.15, 0.2) is 92.7 Å². The maximum Gasteiger partial charge on any atom is 1.00 e. The first-order chi connectivity index (χ1) is 48.4. The van der Waals surface area contributed by atoms with Crippen LogP contribution in [0.1, 0.15) is 76.1 Å². The molecule has 9 rings (SSSR count). The Morgan fingerprint density at radius 2 is 1.41 bits per heavy atom. The van der Waals surface area contributed by atoms with Crippen molar-refractivity contribution >= 4 is 134 Å². The SMILES string of the molecule is CCOC(=O)C1=NN(c2ccc(Cl)cc2Cl)C(C)(C(=O)OCC)C1.COC(=O)c1ccc(I)cc1S(=O)(=O)[N-]C(=O)Nc1nc(C)nc(OC)n1.COc1cc(OC)n2nc(NS(=O)(=O)c3c(C(F)(F)F)ccnc3OC)nc2n1.Cc1nn(C)c(O)c1C(=O)c1ccc(C(F)(F)F)cc1S(C)(=O)=O.[Na+]. The molecule has 0 saturated carbocycles. The number of alkyl halides is 6. The van der Waals surface area contributed by atoms with Gasteiger partial charge in [-0.3, -0.25) is 9.59 Å². The third-order valence-corrected chi connectivity index (χ3v) is 18.5. The number of hydrogen-bond donors (Lipinski definition) is 3. The third-order valence-electron chi connectivity index (χ3n) is 13.4. The van der Waals surface area contributed by atoms with Gasteiger partial charge in [0, 0.05) is 40.1 Å². The molecule has 8 aromatic rings. The first-order valence-corrected chi connectivity index (χ1v) is 35.4. The van der Waals surface area contributed by atoms with Crippen molar-refractivity contribution in [3.63, 3.8) is 0 Å². The molecule has 47 heteroatoms. The molecule has 0 spiro atoms. The number of hydrogen-bond acceptors (Lipinski definition) is 29. The fourth-order valence-corrected chi connectivity index (χ4v) is 13.3. The van der Waals surface area contributed by atoms with Gasteiger partial charge in [-0.2, -0.15) is 61.0 Å². The van der Waals surface area contributed by atoms with Crippen molar-refractivity contribution in [2.45, 2.75) is 73.6 Å². The first-order valence-electron chi connectivity index (χ1n) is 28.7. The number of methoxy groups -OCH3 is 5. The van der Waals surface area contributed by atoms with Gasteiger partial charge in [-0.05, 0) is 118 Å². The molecular formula is C58H57Cl2F6IN15NaO19S3. The molecule has 560 valence electrons. The number of anilines is 3. The molecule has 1 aliphatic rings. The number of pyridine rings is 1. The van der Waals surface area contributed by atoms with Crippen LogP contribution >= 0.6 is 45.8 Å². The summed E-state index contributed by atoms with van der Waals surface area (Å²) in [7, 11) is -6.04. The summed E-state index contributed by atoms with van der Waals surface area (Å²) in [5.74, 6) is -4.58. The summed E-state index contributed by atoms with van der Waals surface area (Å²) >= 11 is 14.0. The van der Waals surface area contributed by atoms with Gasteiger partial charge in [0.2, 0.25) is 39.3 Å². The van der Waals surface area contributed by atoms with Gasteiger partial charge in [0.05, 0.1) is 97.7 Å². The van der Waals surface area contributed by atoms with Crippen molar-refractivity contribution in [2.75, 3.05) is 70.1 Å². The monoisotopic (exact) mass is 1700 g/mol. The minimum absolute atomic E-state index is 0.